The number of hydrogen-bond donors (Lipinski definition) is 1. The summed E-state index contributed by atoms with van der Waals surface area (Å²) in [5.74, 6) is -0.900. The number of rotatable bonds is 4. The van der Waals surface area contributed by atoms with Crippen molar-refractivity contribution in [2.45, 2.75) is 19.9 Å². The number of benzene rings is 1. The molecule has 0 spiro atoms. The van der Waals surface area contributed by atoms with Gasteiger partial charge in [0.2, 0.25) is 0 Å². The van der Waals surface area contributed by atoms with E-state index in [1.54, 1.807) is 5.38 Å². The Labute approximate surface area is 108 Å². The molecule has 0 fully saturated rings. The Morgan fingerprint density at radius 2 is 2.00 bits per heavy atom. The highest BCUT2D eigenvalue weighted by molar-refractivity contribution is 7.07. The zero-order valence-corrected chi connectivity index (χ0v) is 10.7. The lowest BCUT2D eigenvalue weighted by molar-refractivity contribution is -0.137. The second-order valence-electron chi connectivity index (χ2n) is 4.05. The Hall–Kier alpha value is -1.88. The average molecular weight is 263 g/mol. The monoisotopic (exact) mass is 263 g/mol. The van der Waals surface area contributed by atoms with E-state index in [1.807, 2.05) is 31.2 Å². The van der Waals surface area contributed by atoms with Crippen LogP contribution in [0.4, 0.5) is 0 Å². The third kappa shape index (κ3) is 2.68. The smallest absolute Gasteiger partial charge is 0.307 e. The molecule has 1 aromatic carbocycles. The van der Waals surface area contributed by atoms with Gasteiger partial charge in [0.1, 0.15) is 0 Å². The fourth-order valence-corrected chi connectivity index (χ4v) is 2.49. The number of carboxylic acid groups (broad SMARTS) is 1. The van der Waals surface area contributed by atoms with Crippen molar-refractivity contribution in [3.8, 4) is 11.3 Å². The van der Waals surface area contributed by atoms with Gasteiger partial charge in [-0.25, -0.2) is 0 Å². The van der Waals surface area contributed by atoms with Crippen LogP contribution in [0.15, 0.2) is 34.4 Å². The highest BCUT2D eigenvalue weighted by Crippen LogP contribution is 2.20. The number of carboxylic acids is 1. The summed E-state index contributed by atoms with van der Waals surface area (Å²) >= 11 is 1.10. The van der Waals surface area contributed by atoms with Crippen molar-refractivity contribution in [1.82, 2.24) is 4.57 Å². The molecule has 0 unspecified atom stereocenters. The van der Waals surface area contributed by atoms with Gasteiger partial charge in [0.25, 0.3) is 0 Å². The van der Waals surface area contributed by atoms with E-state index >= 15 is 0 Å². The summed E-state index contributed by atoms with van der Waals surface area (Å²) in [5, 5.41) is 10.5. The minimum Gasteiger partial charge on any atom is -0.481 e. The molecule has 5 heteroatoms. The zero-order valence-electron chi connectivity index (χ0n) is 9.92. The molecule has 1 heterocycles. The average Bonchev–Trinajstić information content (AvgIpc) is 2.69. The quantitative estimate of drug-likeness (QED) is 0.921. The molecule has 0 radical (unpaired) electrons. The maximum absolute atomic E-state index is 11.7. The number of nitrogens with zero attached hydrogens (tertiary/aromatic N) is 1. The summed E-state index contributed by atoms with van der Waals surface area (Å²) in [6, 6.07) is 7.82. The van der Waals surface area contributed by atoms with Gasteiger partial charge in [-0.1, -0.05) is 41.2 Å². The topological polar surface area (TPSA) is 59.3 Å². The van der Waals surface area contributed by atoms with Gasteiger partial charge < -0.3 is 5.11 Å². The fraction of sp³-hybridized carbons (Fsp3) is 0.231. The molecule has 0 amide bonds. The van der Waals surface area contributed by atoms with E-state index < -0.39 is 5.97 Å². The number of hydrogen-bond acceptors (Lipinski definition) is 3. The second kappa shape index (κ2) is 5.18. The van der Waals surface area contributed by atoms with E-state index in [0.29, 0.717) is 0 Å². The van der Waals surface area contributed by atoms with Crippen LogP contribution < -0.4 is 4.87 Å². The zero-order chi connectivity index (χ0) is 13.1. The second-order valence-corrected chi connectivity index (χ2v) is 4.87. The van der Waals surface area contributed by atoms with Crippen molar-refractivity contribution >= 4 is 17.3 Å². The van der Waals surface area contributed by atoms with Crippen LogP contribution in [-0.2, 0) is 11.3 Å². The van der Waals surface area contributed by atoms with Gasteiger partial charge in [0, 0.05) is 11.9 Å². The molecule has 0 atom stereocenters. The van der Waals surface area contributed by atoms with Crippen LogP contribution in [0.5, 0.6) is 0 Å². The van der Waals surface area contributed by atoms with Gasteiger partial charge in [-0.05, 0) is 12.5 Å². The van der Waals surface area contributed by atoms with E-state index in [0.717, 1.165) is 28.2 Å². The lowest BCUT2D eigenvalue weighted by Crippen LogP contribution is -2.16. The normalized spacial score (nSPS) is 10.5. The largest absolute Gasteiger partial charge is 0.481 e. The third-order valence-corrected chi connectivity index (χ3v) is 3.44. The first-order valence-electron chi connectivity index (χ1n) is 5.55. The number of aryl methyl sites for hydroxylation is 1. The van der Waals surface area contributed by atoms with E-state index in [2.05, 4.69) is 0 Å². The van der Waals surface area contributed by atoms with Crippen LogP contribution in [0.2, 0.25) is 0 Å². The van der Waals surface area contributed by atoms with Crippen molar-refractivity contribution < 1.29 is 9.90 Å². The molecule has 2 rings (SSSR count). The van der Waals surface area contributed by atoms with E-state index in [1.165, 1.54) is 4.57 Å². The Morgan fingerprint density at radius 3 is 2.61 bits per heavy atom. The molecule has 4 nitrogen and oxygen atoms in total. The van der Waals surface area contributed by atoms with Crippen molar-refractivity contribution in [2.24, 2.45) is 0 Å². The first-order chi connectivity index (χ1) is 8.58. The number of aliphatic carboxylic acids is 1. The molecule has 18 heavy (non-hydrogen) atoms. The van der Waals surface area contributed by atoms with Gasteiger partial charge in [0.15, 0.2) is 0 Å². The highest BCUT2D eigenvalue weighted by atomic mass is 32.1. The maximum Gasteiger partial charge on any atom is 0.307 e. The maximum atomic E-state index is 11.7. The van der Waals surface area contributed by atoms with Gasteiger partial charge in [-0.2, -0.15) is 0 Å². The Morgan fingerprint density at radius 1 is 1.33 bits per heavy atom. The van der Waals surface area contributed by atoms with Crippen LogP contribution in [0.1, 0.15) is 12.0 Å². The van der Waals surface area contributed by atoms with Crippen molar-refractivity contribution in [3.63, 3.8) is 0 Å². The van der Waals surface area contributed by atoms with Gasteiger partial charge in [-0.3, -0.25) is 14.2 Å². The van der Waals surface area contributed by atoms with Crippen molar-refractivity contribution in [1.29, 1.82) is 0 Å². The Kier molecular flexibility index (Phi) is 3.62. The highest BCUT2D eigenvalue weighted by Gasteiger charge is 2.10. The third-order valence-electron chi connectivity index (χ3n) is 2.68. The summed E-state index contributed by atoms with van der Waals surface area (Å²) in [5.41, 5.74) is 2.86. The number of aromatic nitrogens is 1. The van der Waals surface area contributed by atoms with Crippen LogP contribution in [0, 0.1) is 6.92 Å². The van der Waals surface area contributed by atoms with Crippen LogP contribution in [-0.4, -0.2) is 15.6 Å². The molecule has 0 saturated carbocycles. The minimum atomic E-state index is -0.900. The summed E-state index contributed by atoms with van der Waals surface area (Å²) in [7, 11) is 0. The van der Waals surface area contributed by atoms with Crippen molar-refractivity contribution in [2.75, 3.05) is 0 Å². The molecule has 2 aromatic rings. The van der Waals surface area contributed by atoms with E-state index in [-0.39, 0.29) is 17.8 Å². The molecular formula is C13H13NO3S. The molecule has 94 valence electrons. The number of thiazole rings is 1. The van der Waals surface area contributed by atoms with Gasteiger partial charge in [-0.15, -0.1) is 0 Å². The van der Waals surface area contributed by atoms with E-state index in [4.69, 9.17) is 5.11 Å². The molecular weight excluding hydrogens is 250 g/mol. The fourth-order valence-electron chi connectivity index (χ4n) is 1.70. The molecule has 1 aromatic heterocycles. The summed E-state index contributed by atoms with van der Waals surface area (Å²) in [6.07, 6.45) is -0.0461. The van der Waals surface area contributed by atoms with Crippen LogP contribution in [0.25, 0.3) is 11.3 Å². The van der Waals surface area contributed by atoms with Crippen molar-refractivity contribution in [3.05, 3.63) is 44.9 Å². The summed E-state index contributed by atoms with van der Waals surface area (Å²) < 4.78 is 1.52. The minimum absolute atomic E-state index is 0.0461. The summed E-state index contributed by atoms with van der Waals surface area (Å²) in [4.78, 5) is 22.1. The van der Waals surface area contributed by atoms with E-state index in [9.17, 15) is 9.59 Å². The Bertz CT molecular complexity index is 610. The first-order valence-corrected chi connectivity index (χ1v) is 6.43. The first kappa shape index (κ1) is 12.6. The van der Waals surface area contributed by atoms with Crippen LogP contribution in [0.3, 0.4) is 0 Å². The molecule has 0 bridgehead atoms. The molecule has 0 aliphatic carbocycles. The Balaban J connectivity index is 2.36. The van der Waals surface area contributed by atoms with Gasteiger partial charge in [0.05, 0.1) is 12.1 Å². The molecule has 0 aliphatic rings. The SMILES string of the molecule is Cc1ccc(-c2csc(=O)n2CCC(=O)O)cc1. The summed E-state index contributed by atoms with van der Waals surface area (Å²) in [6.45, 7) is 2.20. The van der Waals surface area contributed by atoms with Gasteiger partial charge >= 0.3 is 10.8 Å². The molecule has 0 aliphatic heterocycles. The standard InChI is InChI=1S/C13H13NO3S/c1-9-2-4-10(5-3-9)11-8-18-13(17)14(11)7-6-12(15)16/h2-5,8H,6-7H2,1H3,(H,15,16). The predicted octanol–water partition coefficient (Wildman–Crippen LogP) is 2.36. The molecule has 0 saturated heterocycles. The number of carbonyl (C=O) groups is 1. The lowest BCUT2D eigenvalue weighted by Gasteiger charge is -2.06. The molecule has 1 N–H and O–H groups in total. The lowest BCUT2D eigenvalue weighted by atomic mass is 10.1. The van der Waals surface area contributed by atoms with Crippen LogP contribution >= 0.6 is 11.3 Å². The predicted molar refractivity (Wildman–Crippen MR) is 71.0 cm³/mol.